The van der Waals surface area contributed by atoms with E-state index in [0.717, 1.165) is 0 Å². The van der Waals surface area contributed by atoms with E-state index >= 15 is 0 Å². The summed E-state index contributed by atoms with van der Waals surface area (Å²) in [5.74, 6) is -0.702. The van der Waals surface area contributed by atoms with E-state index in [2.05, 4.69) is 4.98 Å². The average molecular weight is 271 g/mol. The second-order valence-electron chi connectivity index (χ2n) is 4.59. The number of aryl methyl sites for hydroxylation is 2. The third-order valence-corrected chi connectivity index (χ3v) is 2.91. The molecule has 0 saturated heterocycles. The zero-order chi connectivity index (χ0) is 14.7. The number of halogens is 1. The van der Waals surface area contributed by atoms with Gasteiger partial charge in [-0.15, -0.1) is 0 Å². The lowest BCUT2D eigenvalue weighted by Crippen LogP contribution is -2.19. The molecule has 0 fully saturated rings. The molecule has 0 aliphatic carbocycles. The van der Waals surface area contributed by atoms with Gasteiger partial charge in [0.05, 0.1) is 5.56 Å². The molecule has 20 heavy (non-hydrogen) atoms. The molecule has 0 atom stereocenters. The molecule has 0 aliphatic heterocycles. The number of carbonyl (C=O) groups is 1. The number of benzene rings is 1. The topological polar surface area (TPSA) is 49.9 Å². The van der Waals surface area contributed by atoms with Gasteiger partial charge >= 0.3 is 0 Å². The number of ketones is 1. The lowest BCUT2D eigenvalue weighted by molar-refractivity contribution is 0.104. The maximum atomic E-state index is 12.8. The standard InChI is InChI=1S/C16H14FNO2/c1-10-9-11(2)18-16(20)15(10)14(19)8-5-12-3-6-13(17)7-4-12/h3-9H,1-2H3,(H,18,20). The van der Waals surface area contributed by atoms with Crippen molar-refractivity contribution in [1.29, 1.82) is 0 Å². The Kier molecular flexibility index (Phi) is 3.94. The number of carbonyl (C=O) groups excluding carboxylic acids is 1. The molecule has 0 unspecified atom stereocenters. The highest BCUT2D eigenvalue weighted by Gasteiger charge is 2.11. The smallest absolute Gasteiger partial charge is 0.259 e. The predicted octanol–water partition coefficient (Wildman–Crippen LogP) is 3.03. The zero-order valence-electron chi connectivity index (χ0n) is 11.2. The number of hydrogen-bond acceptors (Lipinski definition) is 2. The van der Waals surface area contributed by atoms with Crippen LogP contribution in [0.5, 0.6) is 0 Å². The van der Waals surface area contributed by atoms with Gasteiger partial charge in [0.1, 0.15) is 5.82 Å². The fourth-order valence-corrected chi connectivity index (χ4v) is 1.99. The predicted molar refractivity (Wildman–Crippen MR) is 76.3 cm³/mol. The molecular formula is C16H14FNO2. The van der Waals surface area contributed by atoms with Gasteiger partial charge in [0.25, 0.3) is 5.56 Å². The van der Waals surface area contributed by atoms with Crippen LogP contribution in [-0.2, 0) is 0 Å². The molecule has 1 heterocycles. The van der Waals surface area contributed by atoms with Crippen molar-refractivity contribution in [1.82, 2.24) is 4.98 Å². The number of aromatic nitrogens is 1. The van der Waals surface area contributed by atoms with Crippen LogP contribution in [0.15, 0.2) is 41.2 Å². The lowest BCUT2D eigenvalue weighted by atomic mass is 10.1. The number of nitrogens with one attached hydrogen (secondary N) is 1. The van der Waals surface area contributed by atoms with Crippen molar-refractivity contribution in [3.8, 4) is 0 Å². The number of aromatic amines is 1. The molecule has 1 aromatic carbocycles. The summed E-state index contributed by atoms with van der Waals surface area (Å²) in [4.78, 5) is 26.5. The number of pyridine rings is 1. The number of hydrogen-bond donors (Lipinski definition) is 1. The van der Waals surface area contributed by atoms with Gasteiger partial charge in [0.2, 0.25) is 0 Å². The van der Waals surface area contributed by atoms with E-state index in [1.165, 1.54) is 18.2 Å². The Morgan fingerprint density at radius 2 is 1.85 bits per heavy atom. The van der Waals surface area contributed by atoms with E-state index in [-0.39, 0.29) is 17.2 Å². The normalized spacial score (nSPS) is 10.9. The second kappa shape index (κ2) is 5.65. The molecule has 3 nitrogen and oxygen atoms in total. The fourth-order valence-electron chi connectivity index (χ4n) is 1.99. The Labute approximate surface area is 115 Å². The van der Waals surface area contributed by atoms with Crippen LogP contribution in [0.25, 0.3) is 6.08 Å². The maximum absolute atomic E-state index is 12.8. The van der Waals surface area contributed by atoms with Gasteiger partial charge in [-0.2, -0.15) is 0 Å². The van der Waals surface area contributed by atoms with E-state index in [1.54, 1.807) is 38.1 Å². The highest BCUT2D eigenvalue weighted by molar-refractivity contribution is 6.07. The van der Waals surface area contributed by atoms with Gasteiger partial charge in [0, 0.05) is 5.69 Å². The third kappa shape index (κ3) is 3.09. The lowest BCUT2D eigenvalue weighted by Gasteiger charge is -2.02. The third-order valence-electron chi connectivity index (χ3n) is 2.91. The minimum absolute atomic E-state index is 0.133. The summed E-state index contributed by atoms with van der Waals surface area (Å²) in [5, 5.41) is 0. The molecule has 2 rings (SSSR count). The van der Waals surface area contributed by atoms with E-state index in [1.807, 2.05) is 0 Å². The molecule has 4 heteroatoms. The summed E-state index contributed by atoms with van der Waals surface area (Å²) in [6.45, 7) is 3.48. The van der Waals surface area contributed by atoms with Crippen molar-refractivity contribution in [2.45, 2.75) is 13.8 Å². The summed E-state index contributed by atoms with van der Waals surface area (Å²) < 4.78 is 12.8. The van der Waals surface area contributed by atoms with Gasteiger partial charge in [-0.05, 0) is 49.2 Å². The van der Waals surface area contributed by atoms with Gasteiger partial charge < -0.3 is 4.98 Å². The van der Waals surface area contributed by atoms with E-state index in [4.69, 9.17) is 0 Å². The van der Waals surface area contributed by atoms with Crippen LogP contribution in [0.4, 0.5) is 4.39 Å². The molecule has 0 saturated carbocycles. The van der Waals surface area contributed by atoms with Crippen molar-refractivity contribution in [3.05, 3.63) is 75.0 Å². The molecule has 102 valence electrons. The molecule has 0 aliphatic rings. The van der Waals surface area contributed by atoms with Crippen molar-refractivity contribution in [2.24, 2.45) is 0 Å². The largest absolute Gasteiger partial charge is 0.326 e. The van der Waals surface area contributed by atoms with Crippen LogP contribution in [0.2, 0.25) is 0 Å². The SMILES string of the molecule is Cc1cc(C)c(C(=O)C=Cc2ccc(F)cc2)c(=O)[nH]1. The van der Waals surface area contributed by atoms with Gasteiger partial charge in [-0.25, -0.2) is 4.39 Å². The Balaban J connectivity index is 2.29. The summed E-state index contributed by atoms with van der Waals surface area (Å²) in [5.41, 5.74) is 1.79. The molecule has 0 spiro atoms. The summed E-state index contributed by atoms with van der Waals surface area (Å²) in [7, 11) is 0. The molecule has 1 aromatic heterocycles. The van der Waals surface area contributed by atoms with Crippen LogP contribution >= 0.6 is 0 Å². The average Bonchev–Trinajstić information content (AvgIpc) is 2.37. The number of H-pyrrole nitrogens is 1. The van der Waals surface area contributed by atoms with Crippen molar-refractivity contribution in [2.75, 3.05) is 0 Å². The number of rotatable bonds is 3. The van der Waals surface area contributed by atoms with Crippen molar-refractivity contribution >= 4 is 11.9 Å². The van der Waals surface area contributed by atoms with Gasteiger partial charge in [-0.3, -0.25) is 9.59 Å². The highest BCUT2D eigenvalue weighted by Crippen LogP contribution is 2.08. The first-order chi connectivity index (χ1) is 9.47. The number of allylic oxidation sites excluding steroid dienone is 1. The summed E-state index contributed by atoms with van der Waals surface area (Å²) in [6.07, 6.45) is 2.88. The van der Waals surface area contributed by atoms with Crippen LogP contribution in [0.3, 0.4) is 0 Å². The molecule has 1 N–H and O–H groups in total. The quantitative estimate of drug-likeness (QED) is 0.689. The monoisotopic (exact) mass is 271 g/mol. The first-order valence-electron chi connectivity index (χ1n) is 6.16. The van der Waals surface area contributed by atoms with Gasteiger partial charge in [-0.1, -0.05) is 18.2 Å². The summed E-state index contributed by atoms with van der Waals surface area (Å²) >= 11 is 0. The van der Waals surface area contributed by atoms with Crippen LogP contribution in [0, 0.1) is 19.7 Å². The Morgan fingerprint density at radius 3 is 2.45 bits per heavy atom. The molecule has 0 bridgehead atoms. The van der Waals surface area contributed by atoms with Crippen LogP contribution < -0.4 is 5.56 Å². The van der Waals surface area contributed by atoms with E-state index in [9.17, 15) is 14.0 Å². The maximum Gasteiger partial charge on any atom is 0.259 e. The molecule has 0 amide bonds. The first kappa shape index (κ1) is 13.9. The zero-order valence-corrected chi connectivity index (χ0v) is 11.2. The Bertz CT molecular complexity index is 727. The van der Waals surface area contributed by atoms with E-state index in [0.29, 0.717) is 16.8 Å². The fraction of sp³-hybridized carbons (Fsp3) is 0.125. The molecule has 2 aromatic rings. The van der Waals surface area contributed by atoms with Crippen LogP contribution in [0.1, 0.15) is 27.2 Å². The van der Waals surface area contributed by atoms with Crippen molar-refractivity contribution in [3.63, 3.8) is 0 Å². The van der Waals surface area contributed by atoms with Crippen molar-refractivity contribution < 1.29 is 9.18 Å². The Morgan fingerprint density at radius 1 is 1.20 bits per heavy atom. The molecular weight excluding hydrogens is 257 g/mol. The minimum atomic E-state index is -0.392. The van der Waals surface area contributed by atoms with E-state index < -0.39 is 5.56 Å². The van der Waals surface area contributed by atoms with Gasteiger partial charge in [0.15, 0.2) is 5.78 Å². The minimum Gasteiger partial charge on any atom is -0.326 e. The summed E-state index contributed by atoms with van der Waals surface area (Å²) in [6, 6.07) is 7.50. The second-order valence-corrected chi connectivity index (χ2v) is 4.59. The Hall–Kier alpha value is -2.49. The first-order valence-corrected chi connectivity index (χ1v) is 6.16. The van der Waals surface area contributed by atoms with Crippen LogP contribution in [-0.4, -0.2) is 10.8 Å². The highest BCUT2D eigenvalue weighted by atomic mass is 19.1. The molecule has 0 radical (unpaired) electrons.